The summed E-state index contributed by atoms with van der Waals surface area (Å²) in [5, 5.41) is 1.46. The summed E-state index contributed by atoms with van der Waals surface area (Å²) in [6, 6.07) is 15.8. The van der Waals surface area contributed by atoms with Gasteiger partial charge in [-0.1, -0.05) is 53.3 Å². The van der Waals surface area contributed by atoms with E-state index < -0.39 is 0 Å². The van der Waals surface area contributed by atoms with Gasteiger partial charge in [0.1, 0.15) is 0 Å². The Balaban J connectivity index is 1.79. The summed E-state index contributed by atoms with van der Waals surface area (Å²) in [6.07, 6.45) is 1.22. The molecule has 0 aliphatic rings. The molecule has 0 bridgehead atoms. The number of carbonyl (C=O) groups excluding carboxylic acids is 1. The van der Waals surface area contributed by atoms with E-state index in [2.05, 4.69) is 26.0 Å². The summed E-state index contributed by atoms with van der Waals surface area (Å²) < 4.78 is 1.01. The molecule has 0 saturated carbocycles. The van der Waals surface area contributed by atoms with Crippen LogP contribution in [-0.2, 0) is 11.2 Å². The number of thiazole rings is 1. The van der Waals surface area contributed by atoms with Gasteiger partial charge in [-0.15, -0.1) is 0 Å². The van der Waals surface area contributed by atoms with Crippen LogP contribution in [0.25, 0.3) is 10.2 Å². The van der Waals surface area contributed by atoms with Crippen LogP contribution in [0.5, 0.6) is 0 Å². The number of aryl methyl sites for hydroxylation is 1. The van der Waals surface area contributed by atoms with Crippen LogP contribution >= 0.6 is 22.9 Å². The second-order valence-electron chi connectivity index (χ2n) is 6.85. The lowest BCUT2D eigenvalue weighted by Gasteiger charge is -2.23. The van der Waals surface area contributed by atoms with Crippen LogP contribution in [0.2, 0.25) is 5.02 Å². The molecule has 1 amide bonds. The number of nitrogens with zero attached hydrogens (tertiary/aromatic N) is 2. The Hall–Kier alpha value is -1.95. The van der Waals surface area contributed by atoms with E-state index in [4.69, 9.17) is 16.6 Å². The van der Waals surface area contributed by atoms with Crippen LogP contribution in [0.3, 0.4) is 0 Å². The van der Waals surface area contributed by atoms with Gasteiger partial charge >= 0.3 is 0 Å². The largest absolute Gasteiger partial charge is 0.334 e. The summed E-state index contributed by atoms with van der Waals surface area (Å²) in [5.74, 6) is 0.126. The van der Waals surface area contributed by atoms with Gasteiger partial charge in [-0.05, 0) is 44.0 Å². The lowest BCUT2D eigenvalue weighted by Crippen LogP contribution is -3.12. The van der Waals surface area contributed by atoms with Gasteiger partial charge < -0.3 is 4.90 Å². The highest BCUT2D eigenvalue weighted by Crippen LogP contribution is 2.31. The maximum absolute atomic E-state index is 13.1. The molecule has 0 radical (unpaired) electrons. The molecule has 148 valence electrons. The van der Waals surface area contributed by atoms with E-state index in [9.17, 15) is 4.79 Å². The van der Waals surface area contributed by atoms with Crippen molar-refractivity contribution in [3.8, 4) is 0 Å². The summed E-state index contributed by atoms with van der Waals surface area (Å²) in [4.78, 5) is 21.2. The molecule has 0 aliphatic heterocycles. The Labute approximate surface area is 175 Å². The molecule has 0 aliphatic carbocycles. The van der Waals surface area contributed by atoms with Gasteiger partial charge in [-0.25, -0.2) is 4.98 Å². The van der Waals surface area contributed by atoms with Gasteiger partial charge in [0.25, 0.3) is 0 Å². The van der Waals surface area contributed by atoms with Crippen molar-refractivity contribution in [2.75, 3.05) is 31.1 Å². The molecule has 1 N–H and O–H groups in total. The van der Waals surface area contributed by atoms with E-state index in [0.717, 1.165) is 41.4 Å². The highest BCUT2D eigenvalue weighted by Gasteiger charge is 2.21. The molecular weight excluding hydrogens is 390 g/mol. The second-order valence-corrected chi connectivity index (χ2v) is 8.29. The van der Waals surface area contributed by atoms with Crippen LogP contribution < -0.4 is 9.80 Å². The minimum atomic E-state index is 0.126. The first kappa shape index (κ1) is 20.8. The fourth-order valence-electron chi connectivity index (χ4n) is 3.23. The summed E-state index contributed by atoms with van der Waals surface area (Å²) >= 11 is 7.66. The highest BCUT2D eigenvalue weighted by atomic mass is 35.5. The zero-order chi connectivity index (χ0) is 19.9. The minimum Gasteiger partial charge on any atom is -0.334 e. The van der Waals surface area contributed by atoms with Crippen molar-refractivity contribution in [2.45, 2.75) is 26.7 Å². The summed E-state index contributed by atoms with van der Waals surface area (Å²) in [5.41, 5.74) is 2.07. The Morgan fingerprint density at radius 1 is 1.14 bits per heavy atom. The quantitative estimate of drug-likeness (QED) is 0.575. The Morgan fingerprint density at radius 3 is 2.61 bits per heavy atom. The number of fused-ring (bicyclic) bond motifs is 1. The van der Waals surface area contributed by atoms with E-state index in [1.807, 2.05) is 41.3 Å². The number of benzene rings is 2. The van der Waals surface area contributed by atoms with E-state index in [1.165, 1.54) is 21.8 Å². The van der Waals surface area contributed by atoms with Gasteiger partial charge in [-0.3, -0.25) is 9.69 Å². The summed E-state index contributed by atoms with van der Waals surface area (Å²) in [6.45, 7) is 8.06. The number of quaternary nitrogens is 1. The first-order valence-corrected chi connectivity index (χ1v) is 11.0. The molecule has 0 spiro atoms. The van der Waals surface area contributed by atoms with Crippen molar-refractivity contribution in [3.63, 3.8) is 0 Å². The summed E-state index contributed by atoms with van der Waals surface area (Å²) in [7, 11) is 0. The molecule has 0 atom stereocenters. The van der Waals surface area contributed by atoms with Crippen LogP contribution in [0, 0.1) is 0 Å². The molecule has 0 unspecified atom stereocenters. The maximum Gasteiger partial charge on any atom is 0.229 e. The molecular formula is C22H27ClN3OS+. The Morgan fingerprint density at radius 2 is 1.89 bits per heavy atom. The number of anilines is 1. The van der Waals surface area contributed by atoms with Crippen LogP contribution in [-0.4, -0.2) is 37.1 Å². The third-order valence-electron chi connectivity index (χ3n) is 5.03. The van der Waals surface area contributed by atoms with Gasteiger partial charge in [0.15, 0.2) is 5.13 Å². The molecule has 28 heavy (non-hydrogen) atoms. The number of likely N-dealkylation sites (N-methyl/N-ethyl adjacent to an activating group) is 1. The average molecular weight is 417 g/mol. The fraction of sp³-hybridized carbons (Fsp3) is 0.364. The molecule has 0 saturated heterocycles. The first-order chi connectivity index (χ1) is 13.6. The number of hydrogen-bond donors (Lipinski definition) is 1. The maximum atomic E-state index is 13.1. The van der Waals surface area contributed by atoms with Gasteiger partial charge in [0.05, 0.1) is 36.4 Å². The fourth-order valence-corrected chi connectivity index (χ4v) is 4.52. The third kappa shape index (κ3) is 5.31. The molecule has 6 heteroatoms. The molecule has 4 nitrogen and oxygen atoms in total. The SMILES string of the molecule is CC[NH+](CC)CCN(C(=O)CCc1ccccc1)c1nc2ccc(Cl)cc2s1. The topological polar surface area (TPSA) is 37.6 Å². The predicted octanol–water partition coefficient (Wildman–Crippen LogP) is 3.84. The van der Waals surface area contributed by atoms with Crippen molar-refractivity contribution in [3.05, 3.63) is 59.1 Å². The molecule has 2 aromatic carbocycles. The molecule has 3 aromatic rings. The lowest BCUT2D eigenvalue weighted by molar-refractivity contribution is -0.894. The normalized spacial score (nSPS) is 11.3. The Bertz CT molecular complexity index is 909. The van der Waals surface area contributed by atoms with Gasteiger partial charge in [-0.2, -0.15) is 0 Å². The number of halogens is 1. The number of amides is 1. The number of carbonyl (C=O) groups is 1. The minimum absolute atomic E-state index is 0.126. The standard InChI is InChI=1S/C22H26ClN3OS/c1-3-25(4-2)14-15-26(21(27)13-10-17-8-6-5-7-9-17)22-24-19-12-11-18(23)16-20(19)28-22/h5-9,11-12,16H,3-4,10,13-15H2,1-2H3/p+1. The monoisotopic (exact) mass is 416 g/mol. The lowest BCUT2D eigenvalue weighted by atomic mass is 10.1. The van der Waals surface area contributed by atoms with Crippen molar-refractivity contribution < 1.29 is 9.69 Å². The van der Waals surface area contributed by atoms with Crippen molar-refractivity contribution in [1.29, 1.82) is 0 Å². The number of hydrogen-bond acceptors (Lipinski definition) is 3. The zero-order valence-electron chi connectivity index (χ0n) is 16.5. The molecule has 3 rings (SSSR count). The van der Waals surface area contributed by atoms with E-state index in [1.54, 1.807) is 0 Å². The third-order valence-corrected chi connectivity index (χ3v) is 6.31. The average Bonchev–Trinajstić information content (AvgIpc) is 3.13. The van der Waals surface area contributed by atoms with E-state index in [0.29, 0.717) is 18.0 Å². The van der Waals surface area contributed by atoms with Crippen LogP contribution in [0.15, 0.2) is 48.5 Å². The molecule has 1 heterocycles. The van der Waals surface area contributed by atoms with Crippen LogP contribution in [0.4, 0.5) is 5.13 Å². The van der Waals surface area contributed by atoms with Gasteiger partial charge in [0, 0.05) is 11.4 Å². The van der Waals surface area contributed by atoms with Crippen molar-refractivity contribution in [2.24, 2.45) is 0 Å². The second kappa shape index (κ2) is 10.0. The number of rotatable bonds is 9. The number of aromatic nitrogens is 1. The molecule has 0 fully saturated rings. The number of nitrogens with one attached hydrogen (secondary N) is 1. The van der Waals surface area contributed by atoms with E-state index >= 15 is 0 Å². The van der Waals surface area contributed by atoms with E-state index in [-0.39, 0.29) is 5.91 Å². The Kier molecular flexibility index (Phi) is 7.43. The highest BCUT2D eigenvalue weighted by molar-refractivity contribution is 7.22. The predicted molar refractivity (Wildman–Crippen MR) is 119 cm³/mol. The van der Waals surface area contributed by atoms with Gasteiger partial charge in [0.2, 0.25) is 5.91 Å². The smallest absolute Gasteiger partial charge is 0.229 e. The van der Waals surface area contributed by atoms with Crippen molar-refractivity contribution >= 4 is 44.2 Å². The van der Waals surface area contributed by atoms with Crippen LogP contribution in [0.1, 0.15) is 25.8 Å². The zero-order valence-corrected chi connectivity index (χ0v) is 18.0. The molecule has 1 aromatic heterocycles. The first-order valence-electron chi connectivity index (χ1n) is 9.84. The van der Waals surface area contributed by atoms with Crippen molar-refractivity contribution in [1.82, 2.24) is 4.98 Å².